The third-order valence-corrected chi connectivity index (χ3v) is 2.43. The van der Waals surface area contributed by atoms with Crippen LogP contribution >= 0.6 is 11.6 Å². The molecule has 0 unspecified atom stereocenters. The fraction of sp³-hybridized carbons (Fsp3) is 0.200. The van der Waals surface area contributed by atoms with E-state index in [0.29, 0.717) is 11.6 Å². The van der Waals surface area contributed by atoms with E-state index in [-0.39, 0.29) is 0 Å². The number of rotatable bonds is 2. The summed E-state index contributed by atoms with van der Waals surface area (Å²) in [5.74, 6) is 0.730. The summed E-state index contributed by atoms with van der Waals surface area (Å²) in [5.41, 5.74) is 7.52. The second-order valence-electron chi connectivity index (χ2n) is 3.30. The minimum Gasteiger partial charge on any atom is -0.326 e. The van der Waals surface area contributed by atoms with Gasteiger partial charge < -0.3 is 5.73 Å². The Morgan fingerprint density at radius 1 is 1.47 bits per heavy atom. The number of hydrogen-bond donors (Lipinski definition) is 1. The molecule has 0 fully saturated rings. The van der Waals surface area contributed by atoms with Crippen LogP contribution in [0, 0.1) is 6.92 Å². The van der Waals surface area contributed by atoms with Crippen molar-refractivity contribution in [3.05, 3.63) is 40.8 Å². The lowest BCUT2D eigenvalue weighted by molar-refractivity contribution is 0.841. The number of nitrogens with two attached hydrogens (primary N) is 1. The molecule has 2 rings (SSSR count). The zero-order valence-electron chi connectivity index (χ0n) is 8.31. The van der Waals surface area contributed by atoms with Crippen molar-refractivity contribution in [3.63, 3.8) is 0 Å². The van der Waals surface area contributed by atoms with Crippen LogP contribution in [-0.2, 0) is 6.54 Å². The van der Waals surface area contributed by atoms with Gasteiger partial charge in [0.25, 0.3) is 0 Å². The van der Waals surface area contributed by atoms with Crippen molar-refractivity contribution < 1.29 is 0 Å². The maximum Gasteiger partial charge on any atom is 0.153 e. The summed E-state index contributed by atoms with van der Waals surface area (Å²) in [6.07, 6.45) is 5.27. The minimum absolute atomic E-state index is 0.397. The van der Waals surface area contributed by atoms with Crippen molar-refractivity contribution in [1.82, 2.24) is 14.8 Å². The molecule has 2 aromatic heterocycles. The maximum atomic E-state index is 5.92. The van der Waals surface area contributed by atoms with Gasteiger partial charge in [-0.05, 0) is 24.1 Å². The van der Waals surface area contributed by atoms with E-state index < -0.39 is 0 Å². The molecule has 0 radical (unpaired) electrons. The Kier molecular flexibility index (Phi) is 2.70. The Hall–Kier alpha value is -1.39. The summed E-state index contributed by atoms with van der Waals surface area (Å²) < 4.78 is 1.70. The fourth-order valence-corrected chi connectivity index (χ4v) is 1.47. The quantitative estimate of drug-likeness (QED) is 0.841. The molecule has 15 heavy (non-hydrogen) atoms. The van der Waals surface area contributed by atoms with Crippen molar-refractivity contribution in [1.29, 1.82) is 0 Å². The van der Waals surface area contributed by atoms with E-state index in [1.165, 1.54) is 0 Å². The third-order valence-electron chi connectivity index (χ3n) is 2.09. The third kappa shape index (κ3) is 2.00. The normalized spacial score (nSPS) is 10.6. The summed E-state index contributed by atoms with van der Waals surface area (Å²) in [6, 6.07) is 1.84. The molecule has 5 heteroatoms. The number of halogens is 1. The standard InChI is InChI=1S/C10H11ClN4/c1-7-4-14-15(6-7)10-2-8(3-12)9(11)5-13-10/h2,4-6H,3,12H2,1H3. The van der Waals surface area contributed by atoms with Gasteiger partial charge in [-0.1, -0.05) is 11.6 Å². The first-order chi connectivity index (χ1) is 7.20. The summed E-state index contributed by atoms with van der Waals surface area (Å²) in [4.78, 5) is 4.18. The lowest BCUT2D eigenvalue weighted by Crippen LogP contribution is -2.03. The van der Waals surface area contributed by atoms with E-state index in [1.54, 1.807) is 17.1 Å². The largest absolute Gasteiger partial charge is 0.326 e. The lowest BCUT2D eigenvalue weighted by atomic mass is 10.2. The Balaban J connectivity index is 2.45. The molecule has 2 heterocycles. The number of nitrogens with zero attached hydrogens (tertiary/aromatic N) is 3. The molecule has 0 aromatic carbocycles. The summed E-state index contributed by atoms with van der Waals surface area (Å²) in [5, 5.41) is 4.75. The lowest BCUT2D eigenvalue weighted by Gasteiger charge is -2.04. The van der Waals surface area contributed by atoms with Crippen molar-refractivity contribution in [2.45, 2.75) is 13.5 Å². The monoisotopic (exact) mass is 222 g/mol. The van der Waals surface area contributed by atoms with Crippen molar-refractivity contribution >= 4 is 11.6 Å². The van der Waals surface area contributed by atoms with Crippen molar-refractivity contribution in [2.75, 3.05) is 0 Å². The number of hydrogen-bond acceptors (Lipinski definition) is 3. The van der Waals surface area contributed by atoms with Gasteiger partial charge in [0.1, 0.15) is 0 Å². The van der Waals surface area contributed by atoms with Gasteiger partial charge in [0.2, 0.25) is 0 Å². The Bertz CT molecular complexity index is 478. The highest BCUT2D eigenvalue weighted by molar-refractivity contribution is 6.31. The zero-order valence-corrected chi connectivity index (χ0v) is 9.07. The predicted octanol–water partition coefficient (Wildman–Crippen LogP) is 1.69. The van der Waals surface area contributed by atoms with Crippen LogP contribution in [0.5, 0.6) is 0 Å². The van der Waals surface area contributed by atoms with Gasteiger partial charge in [-0.15, -0.1) is 0 Å². The van der Waals surface area contributed by atoms with Gasteiger partial charge in [-0.25, -0.2) is 9.67 Å². The van der Waals surface area contributed by atoms with Gasteiger partial charge in [0.05, 0.1) is 11.2 Å². The molecule has 78 valence electrons. The maximum absolute atomic E-state index is 5.92. The Labute approximate surface area is 92.7 Å². The molecule has 0 aliphatic heterocycles. The first-order valence-corrected chi connectivity index (χ1v) is 4.94. The summed E-state index contributed by atoms with van der Waals surface area (Å²) in [7, 11) is 0. The summed E-state index contributed by atoms with van der Waals surface area (Å²) >= 11 is 5.92. The van der Waals surface area contributed by atoms with E-state index >= 15 is 0 Å². The van der Waals surface area contributed by atoms with E-state index in [1.807, 2.05) is 19.2 Å². The van der Waals surface area contributed by atoms with Gasteiger partial charge in [0.15, 0.2) is 5.82 Å². The smallest absolute Gasteiger partial charge is 0.153 e. The summed E-state index contributed by atoms with van der Waals surface area (Å²) in [6.45, 7) is 2.37. The average Bonchev–Trinajstić information content (AvgIpc) is 2.66. The molecule has 4 nitrogen and oxygen atoms in total. The Morgan fingerprint density at radius 2 is 2.27 bits per heavy atom. The number of aromatic nitrogens is 3. The first-order valence-electron chi connectivity index (χ1n) is 4.57. The van der Waals surface area contributed by atoms with E-state index in [4.69, 9.17) is 17.3 Å². The molecule has 2 aromatic rings. The molecular weight excluding hydrogens is 212 g/mol. The van der Waals surface area contributed by atoms with Crippen molar-refractivity contribution in [2.24, 2.45) is 5.73 Å². The zero-order chi connectivity index (χ0) is 10.8. The van der Waals surface area contributed by atoms with Gasteiger partial charge in [0, 0.05) is 18.9 Å². The molecule has 0 amide bonds. The highest BCUT2D eigenvalue weighted by Gasteiger charge is 2.04. The highest BCUT2D eigenvalue weighted by atomic mass is 35.5. The molecule has 0 bridgehead atoms. The highest BCUT2D eigenvalue weighted by Crippen LogP contribution is 2.16. The second-order valence-corrected chi connectivity index (χ2v) is 3.71. The van der Waals surface area contributed by atoms with Crippen LogP contribution in [0.4, 0.5) is 0 Å². The topological polar surface area (TPSA) is 56.7 Å². The van der Waals surface area contributed by atoms with Crippen LogP contribution in [-0.4, -0.2) is 14.8 Å². The van der Waals surface area contributed by atoms with Crippen LogP contribution < -0.4 is 5.73 Å². The van der Waals surface area contributed by atoms with Gasteiger partial charge in [-0.3, -0.25) is 0 Å². The molecule has 0 saturated heterocycles. The molecule has 0 atom stereocenters. The van der Waals surface area contributed by atoms with E-state index in [2.05, 4.69) is 10.1 Å². The molecular formula is C10H11ClN4. The van der Waals surface area contributed by atoms with E-state index in [0.717, 1.165) is 16.9 Å². The molecule has 0 saturated carbocycles. The molecule has 0 spiro atoms. The van der Waals surface area contributed by atoms with Crippen LogP contribution in [0.1, 0.15) is 11.1 Å². The molecule has 0 aliphatic rings. The molecule has 0 aliphatic carbocycles. The van der Waals surface area contributed by atoms with Gasteiger partial charge in [-0.2, -0.15) is 5.10 Å². The van der Waals surface area contributed by atoms with Crippen LogP contribution in [0.2, 0.25) is 5.02 Å². The molecule has 2 N–H and O–H groups in total. The second kappa shape index (κ2) is 4.00. The van der Waals surface area contributed by atoms with Crippen LogP contribution in [0.15, 0.2) is 24.7 Å². The first kappa shape index (κ1) is 10.1. The van der Waals surface area contributed by atoms with Crippen LogP contribution in [0.25, 0.3) is 5.82 Å². The fourth-order valence-electron chi connectivity index (χ4n) is 1.29. The number of aryl methyl sites for hydroxylation is 1. The number of pyridine rings is 1. The van der Waals surface area contributed by atoms with E-state index in [9.17, 15) is 0 Å². The minimum atomic E-state index is 0.397. The predicted molar refractivity (Wildman–Crippen MR) is 59.0 cm³/mol. The van der Waals surface area contributed by atoms with Gasteiger partial charge >= 0.3 is 0 Å². The Morgan fingerprint density at radius 3 is 2.87 bits per heavy atom. The van der Waals surface area contributed by atoms with Crippen molar-refractivity contribution in [3.8, 4) is 5.82 Å². The SMILES string of the molecule is Cc1cnn(-c2cc(CN)c(Cl)cn2)c1. The van der Waals surface area contributed by atoms with Crippen LogP contribution in [0.3, 0.4) is 0 Å². The average molecular weight is 223 g/mol.